The monoisotopic (exact) mass is 529 g/mol. The molecule has 7 nitrogen and oxygen atoms in total. The highest BCUT2D eigenvalue weighted by Gasteiger charge is 2.46. The molecule has 1 amide bonds. The van der Waals surface area contributed by atoms with Crippen molar-refractivity contribution < 1.29 is 28.9 Å². The average molecular weight is 530 g/mol. The molecule has 0 saturated carbocycles. The van der Waals surface area contributed by atoms with E-state index in [-0.39, 0.29) is 24.0 Å². The number of benzene rings is 3. The van der Waals surface area contributed by atoms with Crippen molar-refractivity contribution in [1.82, 2.24) is 4.90 Å². The molecular weight excluding hydrogens is 494 g/mol. The molecule has 0 radical (unpaired) electrons. The van der Waals surface area contributed by atoms with Crippen LogP contribution in [0.3, 0.4) is 0 Å². The van der Waals surface area contributed by atoms with Crippen LogP contribution in [-0.4, -0.2) is 41.5 Å². The molecule has 1 unspecified atom stereocenters. The molecule has 3 aromatic carbocycles. The quantitative estimate of drug-likeness (QED) is 0.193. The van der Waals surface area contributed by atoms with Crippen molar-refractivity contribution in [3.63, 3.8) is 0 Å². The van der Waals surface area contributed by atoms with Crippen LogP contribution >= 0.6 is 0 Å². The molecule has 0 bridgehead atoms. The number of carbonyl (C=O) groups is 2. The van der Waals surface area contributed by atoms with Gasteiger partial charge < -0.3 is 24.2 Å². The fourth-order valence-corrected chi connectivity index (χ4v) is 4.51. The van der Waals surface area contributed by atoms with E-state index in [1.165, 1.54) is 4.90 Å². The van der Waals surface area contributed by atoms with Gasteiger partial charge in [-0.2, -0.15) is 0 Å². The third-order valence-corrected chi connectivity index (χ3v) is 6.28. The fraction of sp³-hybridized carbons (Fsp3) is 0.312. The van der Waals surface area contributed by atoms with E-state index < -0.39 is 17.7 Å². The van der Waals surface area contributed by atoms with Gasteiger partial charge in [0.05, 0.1) is 31.4 Å². The number of ketones is 1. The SMILES string of the molecule is COc1cccc(C2/C(=C(/O)c3ccc(OCC(C)C)cc3)C(=O)C(=O)N2Cc2cccc(OC(C)C)c2)c1. The van der Waals surface area contributed by atoms with Crippen LogP contribution in [0, 0.1) is 5.92 Å². The summed E-state index contributed by atoms with van der Waals surface area (Å²) in [5.41, 5.74) is 1.90. The number of nitrogens with zero attached hydrogens (tertiary/aromatic N) is 1. The van der Waals surface area contributed by atoms with Crippen LogP contribution in [-0.2, 0) is 16.1 Å². The molecule has 3 aromatic rings. The zero-order chi connectivity index (χ0) is 28.1. The smallest absolute Gasteiger partial charge is 0.295 e. The van der Waals surface area contributed by atoms with Crippen molar-refractivity contribution in [3.05, 3.63) is 95.1 Å². The molecule has 0 aliphatic carbocycles. The van der Waals surface area contributed by atoms with Crippen LogP contribution in [0.1, 0.15) is 50.4 Å². The maximum Gasteiger partial charge on any atom is 0.295 e. The van der Waals surface area contributed by atoms with Crippen LogP contribution in [0.4, 0.5) is 0 Å². The number of aliphatic hydroxyl groups is 1. The maximum absolute atomic E-state index is 13.4. The predicted octanol–water partition coefficient (Wildman–Crippen LogP) is 6.14. The third kappa shape index (κ3) is 6.42. The highest BCUT2D eigenvalue weighted by molar-refractivity contribution is 6.46. The number of likely N-dealkylation sites (tertiary alicyclic amines) is 1. The Hall–Kier alpha value is -4.26. The molecular formula is C32H35NO6. The second-order valence-corrected chi connectivity index (χ2v) is 10.2. The lowest BCUT2D eigenvalue weighted by Gasteiger charge is -2.26. The van der Waals surface area contributed by atoms with Crippen LogP contribution < -0.4 is 14.2 Å². The standard InChI is InChI=1S/C32H35NO6/c1-20(2)19-38-25-14-12-23(13-15-25)30(34)28-29(24-9-7-10-26(17-24)37-5)33(32(36)31(28)35)18-22-8-6-11-27(16-22)39-21(3)4/h6-17,20-21,29,34H,18-19H2,1-5H3/b30-28-. The molecule has 1 N–H and O–H groups in total. The minimum Gasteiger partial charge on any atom is -0.507 e. The van der Waals surface area contributed by atoms with E-state index in [1.807, 2.05) is 44.2 Å². The summed E-state index contributed by atoms with van der Waals surface area (Å²) in [6, 6.07) is 20.7. The molecule has 1 saturated heterocycles. The molecule has 204 valence electrons. The van der Waals surface area contributed by atoms with E-state index in [1.54, 1.807) is 49.6 Å². The molecule has 0 aromatic heterocycles. The van der Waals surface area contributed by atoms with Gasteiger partial charge in [0.2, 0.25) is 0 Å². The Morgan fingerprint density at radius 2 is 1.59 bits per heavy atom. The molecule has 39 heavy (non-hydrogen) atoms. The predicted molar refractivity (Wildman–Crippen MR) is 150 cm³/mol. The summed E-state index contributed by atoms with van der Waals surface area (Å²) in [4.78, 5) is 28.3. The normalized spacial score (nSPS) is 16.7. The molecule has 1 aliphatic rings. The van der Waals surface area contributed by atoms with E-state index in [2.05, 4.69) is 13.8 Å². The summed E-state index contributed by atoms with van der Waals surface area (Å²) >= 11 is 0. The van der Waals surface area contributed by atoms with Gasteiger partial charge >= 0.3 is 0 Å². The molecule has 1 aliphatic heterocycles. The Balaban J connectivity index is 1.76. The number of hydrogen-bond acceptors (Lipinski definition) is 6. The fourth-order valence-electron chi connectivity index (χ4n) is 4.51. The van der Waals surface area contributed by atoms with E-state index in [4.69, 9.17) is 14.2 Å². The maximum atomic E-state index is 13.4. The van der Waals surface area contributed by atoms with Crippen molar-refractivity contribution in [2.45, 2.75) is 46.4 Å². The number of methoxy groups -OCH3 is 1. The van der Waals surface area contributed by atoms with Crippen molar-refractivity contribution >= 4 is 17.4 Å². The van der Waals surface area contributed by atoms with E-state index in [0.717, 1.165) is 5.56 Å². The number of ether oxygens (including phenoxy) is 3. The Morgan fingerprint density at radius 3 is 2.26 bits per heavy atom. The highest BCUT2D eigenvalue weighted by Crippen LogP contribution is 2.41. The third-order valence-electron chi connectivity index (χ3n) is 6.28. The summed E-state index contributed by atoms with van der Waals surface area (Å²) in [6.45, 7) is 8.72. The van der Waals surface area contributed by atoms with Gasteiger partial charge in [0.1, 0.15) is 23.0 Å². The lowest BCUT2D eigenvalue weighted by atomic mass is 9.95. The Labute approximate surface area is 229 Å². The largest absolute Gasteiger partial charge is 0.507 e. The summed E-state index contributed by atoms with van der Waals surface area (Å²) in [5, 5.41) is 11.4. The molecule has 1 heterocycles. The van der Waals surface area contributed by atoms with Crippen molar-refractivity contribution in [3.8, 4) is 17.2 Å². The van der Waals surface area contributed by atoms with Crippen molar-refractivity contribution in [1.29, 1.82) is 0 Å². The number of rotatable bonds is 10. The Kier molecular flexibility index (Phi) is 8.59. The van der Waals surface area contributed by atoms with Crippen LogP contribution in [0.15, 0.2) is 78.4 Å². The molecule has 1 fully saturated rings. The topological polar surface area (TPSA) is 85.3 Å². The number of hydrogen-bond donors (Lipinski definition) is 1. The van der Waals surface area contributed by atoms with Crippen LogP contribution in [0.5, 0.6) is 17.2 Å². The first kappa shape index (κ1) is 27.8. The summed E-state index contributed by atoms with van der Waals surface area (Å²) in [5.74, 6) is 0.624. The van der Waals surface area contributed by atoms with Gasteiger partial charge in [-0.1, -0.05) is 38.1 Å². The summed E-state index contributed by atoms with van der Waals surface area (Å²) < 4.78 is 17.0. The van der Waals surface area contributed by atoms with Crippen LogP contribution in [0.25, 0.3) is 5.76 Å². The Bertz CT molecular complexity index is 1360. The molecule has 4 rings (SSSR count). The van der Waals surface area contributed by atoms with E-state index in [0.29, 0.717) is 40.9 Å². The van der Waals surface area contributed by atoms with E-state index >= 15 is 0 Å². The molecule has 1 atom stereocenters. The summed E-state index contributed by atoms with van der Waals surface area (Å²) in [6.07, 6.45) is -0.00609. The van der Waals surface area contributed by atoms with Gasteiger partial charge in [-0.15, -0.1) is 0 Å². The first-order valence-corrected chi connectivity index (χ1v) is 13.1. The first-order valence-electron chi connectivity index (χ1n) is 13.1. The number of Topliss-reactive ketones (excluding diaryl/α,β-unsaturated/α-hetero) is 1. The Morgan fingerprint density at radius 1 is 0.897 bits per heavy atom. The van der Waals surface area contributed by atoms with Crippen LogP contribution in [0.2, 0.25) is 0 Å². The number of amides is 1. The van der Waals surface area contributed by atoms with Gasteiger partial charge in [-0.05, 0) is 79.4 Å². The molecule has 0 spiro atoms. The van der Waals surface area contributed by atoms with Gasteiger partial charge in [0.15, 0.2) is 0 Å². The number of carbonyl (C=O) groups excluding carboxylic acids is 2. The zero-order valence-electron chi connectivity index (χ0n) is 23.0. The second kappa shape index (κ2) is 12.1. The van der Waals surface area contributed by atoms with Gasteiger partial charge in [-0.3, -0.25) is 9.59 Å². The minimum atomic E-state index is -0.813. The second-order valence-electron chi connectivity index (χ2n) is 10.2. The highest BCUT2D eigenvalue weighted by atomic mass is 16.5. The lowest BCUT2D eigenvalue weighted by Crippen LogP contribution is -2.29. The van der Waals surface area contributed by atoms with Gasteiger partial charge in [0, 0.05) is 12.1 Å². The summed E-state index contributed by atoms with van der Waals surface area (Å²) in [7, 11) is 1.55. The number of aliphatic hydroxyl groups excluding tert-OH is 1. The molecule has 7 heteroatoms. The van der Waals surface area contributed by atoms with Crippen molar-refractivity contribution in [2.24, 2.45) is 5.92 Å². The van der Waals surface area contributed by atoms with Gasteiger partial charge in [0.25, 0.3) is 11.7 Å². The van der Waals surface area contributed by atoms with Crippen molar-refractivity contribution in [2.75, 3.05) is 13.7 Å². The average Bonchev–Trinajstić information content (AvgIpc) is 3.16. The minimum absolute atomic E-state index is 0.00609. The first-order chi connectivity index (χ1) is 18.7. The lowest BCUT2D eigenvalue weighted by molar-refractivity contribution is -0.140. The van der Waals surface area contributed by atoms with E-state index in [9.17, 15) is 14.7 Å². The van der Waals surface area contributed by atoms with Gasteiger partial charge in [-0.25, -0.2) is 0 Å². The zero-order valence-corrected chi connectivity index (χ0v) is 23.0.